The highest BCUT2D eigenvalue weighted by molar-refractivity contribution is 5.95. The summed E-state index contributed by atoms with van der Waals surface area (Å²) in [6.45, 7) is 11.8. The Morgan fingerprint density at radius 3 is 1.89 bits per heavy atom. The fourth-order valence-corrected chi connectivity index (χ4v) is 3.38. The van der Waals surface area contributed by atoms with Crippen molar-refractivity contribution in [3.63, 3.8) is 0 Å². The smallest absolute Gasteiger partial charge is 0.162 e. The van der Waals surface area contributed by atoms with E-state index in [2.05, 4.69) is 13.8 Å². The zero-order chi connectivity index (χ0) is 21.4. The minimum absolute atomic E-state index is 0.0747. The molecule has 0 aromatic carbocycles. The molecule has 0 spiro atoms. The van der Waals surface area contributed by atoms with E-state index in [4.69, 9.17) is 0 Å². The van der Waals surface area contributed by atoms with Crippen LogP contribution in [-0.4, -0.2) is 23.3 Å². The fraction of sp³-hybridized carbons (Fsp3) is 0.440. The van der Waals surface area contributed by atoms with Crippen LogP contribution in [0.2, 0.25) is 0 Å². The van der Waals surface area contributed by atoms with Gasteiger partial charge in [-0.1, -0.05) is 80.5 Å². The summed E-state index contributed by atoms with van der Waals surface area (Å²) in [5.41, 5.74) is 2.01. The Morgan fingerprint density at radius 2 is 1.36 bits per heavy atom. The van der Waals surface area contributed by atoms with Crippen molar-refractivity contribution in [1.82, 2.24) is 0 Å². The number of hydrogen-bond acceptors (Lipinski definition) is 3. The van der Waals surface area contributed by atoms with E-state index in [0.29, 0.717) is 18.4 Å². The Bertz CT molecular complexity index is 757. The third-order valence-corrected chi connectivity index (χ3v) is 5.66. The molecule has 0 aromatic heterocycles. The van der Waals surface area contributed by atoms with Gasteiger partial charge in [0.15, 0.2) is 5.78 Å². The molecule has 0 heterocycles. The van der Waals surface area contributed by atoms with Gasteiger partial charge >= 0.3 is 0 Å². The van der Waals surface area contributed by atoms with Crippen molar-refractivity contribution < 1.29 is 14.7 Å². The second-order valence-electron chi connectivity index (χ2n) is 8.57. The molecule has 1 saturated carbocycles. The lowest BCUT2D eigenvalue weighted by Crippen LogP contribution is -2.36. The number of ketones is 1. The van der Waals surface area contributed by atoms with Crippen molar-refractivity contribution in [3.8, 4) is 0 Å². The lowest BCUT2D eigenvalue weighted by molar-refractivity contribution is -0.127. The van der Waals surface area contributed by atoms with Gasteiger partial charge in [-0.15, -0.1) is 0 Å². The van der Waals surface area contributed by atoms with Crippen LogP contribution in [-0.2, 0) is 9.59 Å². The van der Waals surface area contributed by atoms with Crippen LogP contribution in [0, 0.1) is 10.8 Å². The molecule has 0 aromatic rings. The molecule has 0 amide bonds. The van der Waals surface area contributed by atoms with Crippen LogP contribution in [0.1, 0.15) is 54.4 Å². The second-order valence-corrected chi connectivity index (χ2v) is 8.57. The number of allylic oxidation sites excluding steroid dienone is 12. The number of carbonyl (C=O) groups is 2. The maximum Gasteiger partial charge on any atom is 0.162 e. The van der Waals surface area contributed by atoms with Gasteiger partial charge in [0.25, 0.3) is 0 Å². The van der Waals surface area contributed by atoms with Crippen LogP contribution in [0.4, 0.5) is 0 Å². The zero-order valence-electron chi connectivity index (χ0n) is 18.0. The fourth-order valence-electron chi connectivity index (χ4n) is 3.38. The molecule has 0 bridgehead atoms. The molecule has 3 heteroatoms. The standard InChI is InChI=1S/C25H34O3/c1-19(10-7-8-11-21(3)18-26)12-9-13-20(2)14-15-23(28)25(6)17-22(27)16-24(25,4)5/h7-15,18,22,27H,16-17H2,1-6H3. The lowest BCUT2D eigenvalue weighted by atomic mass is 9.66. The van der Waals surface area contributed by atoms with Crippen LogP contribution in [0.3, 0.4) is 0 Å². The van der Waals surface area contributed by atoms with Gasteiger partial charge < -0.3 is 5.11 Å². The summed E-state index contributed by atoms with van der Waals surface area (Å²) in [4.78, 5) is 23.2. The van der Waals surface area contributed by atoms with Crippen LogP contribution >= 0.6 is 0 Å². The Balaban J connectivity index is 2.70. The van der Waals surface area contributed by atoms with Crippen LogP contribution in [0.5, 0.6) is 0 Å². The summed E-state index contributed by atoms with van der Waals surface area (Å²) in [6, 6.07) is 0. The van der Waals surface area contributed by atoms with Crippen molar-refractivity contribution in [1.29, 1.82) is 0 Å². The number of rotatable bonds is 8. The molecule has 1 aliphatic rings. The van der Waals surface area contributed by atoms with Gasteiger partial charge in [-0.3, -0.25) is 9.59 Å². The number of aliphatic hydroxyl groups excluding tert-OH is 1. The summed E-state index contributed by atoms with van der Waals surface area (Å²) in [7, 11) is 0. The van der Waals surface area contributed by atoms with E-state index in [1.807, 2.05) is 63.3 Å². The lowest BCUT2D eigenvalue weighted by Gasteiger charge is -2.35. The third kappa shape index (κ3) is 6.72. The van der Waals surface area contributed by atoms with Crippen molar-refractivity contribution in [2.45, 2.75) is 60.5 Å². The van der Waals surface area contributed by atoms with Gasteiger partial charge in [-0.2, -0.15) is 0 Å². The molecule has 28 heavy (non-hydrogen) atoms. The third-order valence-electron chi connectivity index (χ3n) is 5.66. The highest BCUT2D eigenvalue weighted by Gasteiger charge is 2.52. The maximum atomic E-state index is 12.7. The molecule has 0 radical (unpaired) electrons. The molecule has 3 nitrogen and oxygen atoms in total. The van der Waals surface area contributed by atoms with E-state index in [1.54, 1.807) is 19.1 Å². The first-order valence-corrected chi connectivity index (χ1v) is 9.74. The minimum atomic E-state index is -0.526. The van der Waals surface area contributed by atoms with E-state index < -0.39 is 11.5 Å². The predicted molar refractivity (Wildman–Crippen MR) is 117 cm³/mol. The molecule has 0 saturated heterocycles. The number of aldehydes is 1. The largest absolute Gasteiger partial charge is 0.393 e. The Labute approximate surface area is 169 Å². The summed E-state index contributed by atoms with van der Waals surface area (Å²) in [5, 5.41) is 9.99. The van der Waals surface area contributed by atoms with Crippen molar-refractivity contribution >= 4 is 12.1 Å². The molecule has 2 unspecified atom stereocenters. The molecule has 2 atom stereocenters. The van der Waals surface area contributed by atoms with E-state index in [9.17, 15) is 14.7 Å². The number of carbonyl (C=O) groups excluding carboxylic acids is 2. The van der Waals surface area contributed by atoms with E-state index in [1.165, 1.54) is 0 Å². The minimum Gasteiger partial charge on any atom is -0.393 e. The first-order chi connectivity index (χ1) is 13.0. The summed E-state index contributed by atoms with van der Waals surface area (Å²) < 4.78 is 0. The van der Waals surface area contributed by atoms with E-state index in [0.717, 1.165) is 17.4 Å². The molecular weight excluding hydrogens is 348 g/mol. The van der Waals surface area contributed by atoms with Crippen molar-refractivity contribution in [2.24, 2.45) is 10.8 Å². The van der Waals surface area contributed by atoms with Crippen LogP contribution < -0.4 is 0 Å². The maximum absolute atomic E-state index is 12.7. The molecule has 1 aliphatic carbocycles. The van der Waals surface area contributed by atoms with Gasteiger partial charge in [0, 0.05) is 5.41 Å². The Hall–Kier alpha value is -2.26. The number of hydrogen-bond donors (Lipinski definition) is 1. The van der Waals surface area contributed by atoms with E-state index in [-0.39, 0.29) is 11.2 Å². The van der Waals surface area contributed by atoms with Crippen LogP contribution in [0.15, 0.2) is 71.4 Å². The summed E-state index contributed by atoms with van der Waals surface area (Å²) in [5.74, 6) is 0.0747. The molecule has 1 rings (SSSR count). The van der Waals surface area contributed by atoms with Gasteiger partial charge in [-0.05, 0) is 50.7 Å². The van der Waals surface area contributed by atoms with E-state index >= 15 is 0 Å². The second kappa shape index (κ2) is 10.3. The first kappa shape index (κ1) is 23.8. The average Bonchev–Trinajstić information content (AvgIpc) is 2.83. The SMILES string of the molecule is CC(C=O)=CC=CC=C(C)C=CC=C(C)C=CC(=O)C1(C)CC(O)CC1(C)C. The predicted octanol–water partition coefficient (Wildman–Crippen LogP) is 5.45. The van der Waals surface area contributed by atoms with Crippen LogP contribution in [0.25, 0.3) is 0 Å². The molecular formula is C25H34O3. The monoisotopic (exact) mass is 382 g/mol. The van der Waals surface area contributed by atoms with Crippen molar-refractivity contribution in [2.75, 3.05) is 0 Å². The average molecular weight is 383 g/mol. The molecule has 152 valence electrons. The summed E-state index contributed by atoms with van der Waals surface area (Å²) in [6.07, 6.45) is 18.4. The molecule has 1 fully saturated rings. The first-order valence-electron chi connectivity index (χ1n) is 9.74. The number of aliphatic hydroxyl groups is 1. The van der Waals surface area contributed by atoms with Gasteiger partial charge in [0.1, 0.15) is 6.29 Å². The normalized spacial score (nSPS) is 26.7. The van der Waals surface area contributed by atoms with Crippen molar-refractivity contribution in [3.05, 3.63) is 71.4 Å². The Morgan fingerprint density at radius 1 is 0.821 bits per heavy atom. The quantitative estimate of drug-likeness (QED) is 0.345. The summed E-state index contributed by atoms with van der Waals surface area (Å²) >= 11 is 0. The van der Waals surface area contributed by atoms with Gasteiger partial charge in [-0.25, -0.2) is 0 Å². The highest BCUT2D eigenvalue weighted by Crippen LogP contribution is 2.53. The van der Waals surface area contributed by atoms with Gasteiger partial charge in [0.05, 0.1) is 6.10 Å². The van der Waals surface area contributed by atoms with Gasteiger partial charge in [0.2, 0.25) is 0 Å². The molecule has 1 N–H and O–H groups in total. The molecule has 0 aliphatic heterocycles. The zero-order valence-corrected chi connectivity index (χ0v) is 18.0. The topological polar surface area (TPSA) is 54.4 Å². The highest BCUT2D eigenvalue weighted by atomic mass is 16.3. The Kier molecular flexibility index (Phi) is 8.77.